The third-order valence-electron chi connectivity index (χ3n) is 9.88. The highest BCUT2D eigenvalue weighted by Gasteiger charge is 2.53. The van der Waals surface area contributed by atoms with Gasteiger partial charge in [-0.05, 0) is 41.5 Å². The van der Waals surface area contributed by atoms with Gasteiger partial charge in [-0.2, -0.15) is 0 Å². The molecule has 0 aliphatic carbocycles. The van der Waals surface area contributed by atoms with E-state index < -0.39 is 0 Å². The minimum Gasteiger partial charge on any atom is -0.380 e. The maximum Gasteiger partial charge on any atom is 0.0977 e. The summed E-state index contributed by atoms with van der Waals surface area (Å²) < 4.78 is 6.28. The highest BCUT2D eigenvalue weighted by Crippen LogP contribution is 2.48. The first-order valence-corrected chi connectivity index (χ1v) is 18.4. The maximum atomic E-state index is 6.28. The highest BCUT2D eigenvalue weighted by molar-refractivity contribution is 5.51. The number of nitrogens with zero attached hydrogens (tertiary/aromatic N) is 1. The van der Waals surface area contributed by atoms with Crippen LogP contribution in [0.4, 0.5) is 0 Å². The lowest BCUT2D eigenvalue weighted by atomic mass is 9.76. The van der Waals surface area contributed by atoms with Crippen molar-refractivity contribution in [3.05, 3.63) is 144 Å². The highest BCUT2D eigenvalue weighted by atomic mass is 16.5. The van der Waals surface area contributed by atoms with E-state index >= 15 is 0 Å². The second-order valence-electron chi connectivity index (χ2n) is 13.4. The summed E-state index contributed by atoms with van der Waals surface area (Å²) in [6, 6.07) is 44.4. The van der Waals surface area contributed by atoms with E-state index in [4.69, 9.17) is 4.74 Å². The molecule has 1 heterocycles. The molecule has 1 aliphatic heterocycles. The zero-order valence-electron chi connectivity index (χ0n) is 28.2. The van der Waals surface area contributed by atoms with Gasteiger partial charge in [-0.25, -0.2) is 0 Å². The first-order chi connectivity index (χ1) is 22.9. The summed E-state index contributed by atoms with van der Waals surface area (Å²) in [4.78, 5) is 2.64. The van der Waals surface area contributed by atoms with Gasteiger partial charge in [-0.1, -0.05) is 198 Å². The number of aryl methyl sites for hydroxylation is 1. The molecule has 4 aromatic carbocycles. The maximum absolute atomic E-state index is 6.28. The predicted molar refractivity (Wildman–Crippen MR) is 195 cm³/mol. The van der Waals surface area contributed by atoms with Crippen LogP contribution in [0.5, 0.6) is 0 Å². The van der Waals surface area contributed by atoms with Crippen molar-refractivity contribution in [2.45, 2.75) is 108 Å². The molecule has 2 atom stereocenters. The molecule has 0 radical (unpaired) electrons. The fourth-order valence-corrected chi connectivity index (χ4v) is 7.29. The van der Waals surface area contributed by atoms with Crippen molar-refractivity contribution in [1.82, 2.24) is 4.90 Å². The number of unbranched alkanes of at least 4 members (excludes halogenated alkanes) is 13. The minimum atomic E-state index is -0.305. The van der Waals surface area contributed by atoms with Crippen LogP contribution in [0.25, 0.3) is 0 Å². The molecule has 46 heavy (non-hydrogen) atoms. The van der Waals surface area contributed by atoms with E-state index in [-0.39, 0.29) is 5.54 Å². The van der Waals surface area contributed by atoms with Crippen LogP contribution in [0.15, 0.2) is 121 Å². The Morgan fingerprint density at radius 2 is 0.826 bits per heavy atom. The summed E-state index contributed by atoms with van der Waals surface area (Å²) in [6.45, 7) is 2.74. The second kappa shape index (κ2) is 19.5. The normalized spacial score (nSPS) is 16.0. The summed E-state index contributed by atoms with van der Waals surface area (Å²) in [7, 11) is 0. The molecule has 4 aromatic rings. The largest absolute Gasteiger partial charge is 0.380 e. The van der Waals surface area contributed by atoms with Gasteiger partial charge in [-0.3, -0.25) is 4.90 Å². The zero-order valence-corrected chi connectivity index (χ0v) is 28.2. The van der Waals surface area contributed by atoms with Crippen molar-refractivity contribution in [1.29, 1.82) is 0 Å². The van der Waals surface area contributed by atoms with Crippen LogP contribution in [0, 0.1) is 0 Å². The van der Waals surface area contributed by atoms with Gasteiger partial charge in [0.05, 0.1) is 12.1 Å². The van der Waals surface area contributed by atoms with Crippen LogP contribution >= 0.6 is 0 Å². The van der Waals surface area contributed by atoms with Gasteiger partial charge < -0.3 is 4.74 Å². The first kappa shape index (κ1) is 34.1. The third kappa shape index (κ3) is 10.1. The molecule has 1 saturated heterocycles. The fraction of sp³-hybridized carbons (Fsp3) is 0.455. The summed E-state index contributed by atoms with van der Waals surface area (Å²) in [5.41, 5.74) is 5.14. The van der Waals surface area contributed by atoms with E-state index in [1.54, 1.807) is 0 Å². The summed E-state index contributed by atoms with van der Waals surface area (Å²) in [5, 5.41) is 0. The van der Waals surface area contributed by atoms with Crippen LogP contribution < -0.4 is 0 Å². The third-order valence-corrected chi connectivity index (χ3v) is 9.88. The molecule has 5 rings (SSSR count). The molecule has 0 saturated carbocycles. The standard InChI is InChI=1S/C44H57NO/c1(3-5-7-9-11-17-27-39-28-18-13-19-29-39)2-4-6-8-10-12-26-36-46-38-43-37-45(43)44(40-30-20-14-21-31-40,41-32-22-15-23-33-41)42-34-24-16-25-35-42/h13-16,18-25,28-35,43H,1-12,17,26-27,36-38H2/t43-,45?/m0/s1. The lowest BCUT2D eigenvalue weighted by Crippen LogP contribution is -2.39. The molecule has 1 aliphatic rings. The Hall–Kier alpha value is -3.20. The average molecular weight is 616 g/mol. The second-order valence-corrected chi connectivity index (χ2v) is 13.4. The number of benzene rings is 4. The van der Waals surface area contributed by atoms with Gasteiger partial charge in [0, 0.05) is 19.2 Å². The molecule has 1 unspecified atom stereocenters. The van der Waals surface area contributed by atoms with Crippen molar-refractivity contribution < 1.29 is 4.74 Å². The Bertz CT molecular complexity index is 1230. The summed E-state index contributed by atoms with van der Waals surface area (Å²) in [6.07, 6.45) is 20.5. The van der Waals surface area contributed by atoms with E-state index in [0.717, 1.165) is 19.8 Å². The molecule has 0 aromatic heterocycles. The summed E-state index contributed by atoms with van der Waals surface area (Å²) >= 11 is 0. The van der Waals surface area contributed by atoms with Gasteiger partial charge in [0.25, 0.3) is 0 Å². The lowest BCUT2D eigenvalue weighted by molar-refractivity contribution is 0.116. The summed E-state index contributed by atoms with van der Waals surface area (Å²) in [5.74, 6) is 0. The van der Waals surface area contributed by atoms with Gasteiger partial charge >= 0.3 is 0 Å². The Labute approximate surface area is 280 Å². The van der Waals surface area contributed by atoms with Crippen molar-refractivity contribution in [2.75, 3.05) is 19.8 Å². The van der Waals surface area contributed by atoms with E-state index in [1.165, 1.54) is 119 Å². The molecular weight excluding hydrogens is 558 g/mol. The van der Waals surface area contributed by atoms with Gasteiger partial charge in [0.15, 0.2) is 0 Å². The predicted octanol–water partition coefficient (Wildman–Crippen LogP) is 11.4. The Balaban J connectivity index is 0.911. The van der Waals surface area contributed by atoms with Crippen LogP contribution in [-0.4, -0.2) is 30.7 Å². The van der Waals surface area contributed by atoms with Gasteiger partial charge in [0.2, 0.25) is 0 Å². The molecule has 1 fully saturated rings. The molecule has 2 heteroatoms. The van der Waals surface area contributed by atoms with Gasteiger partial charge in [-0.15, -0.1) is 0 Å². The van der Waals surface area contributed by atoms with E-state index in [0.29, 0.717) is 6.04 Å². The minimum absolute atomic E-state index is 0.305. The zero-order chi connectivity index (χ0) is 31.5. The van der Waals surface area contributed by atoms with Crippen LogP contribution in [0.1, 0.15) is 112 Å². The fourth-order valence-electron chi connectivity index (χ4n) is 7.29. The van der Waals surface area contributed by atoms with Crippen LogP contribution in [0.2, 0.25) is 0 Å². The van der Waals surface area contributed by atoms with Crippen molar-refractivity contribution in [3.8, 4) is 0 Å². The van der Waals surface area contributed by atoms with E-state index in [1.807, 2.05) is 0 Å². The topological polar surface area (TPSA) is 12.2 Å². The molecule has 244 valence electrons. The Kier molecular flexibility index (Phi) is 14.4. The van der Waals surface area contributed by atoms with Crippen LogP contribution in [-0.2, 0) is 16.7 Å². The number of hydrogen-bond donors (Lipinski definition) is 0. The molecule has 0 spiro atoms. The van der Waals surface area contributed by atoms with E-state index in [9.17, 15) is 0 Å². The molecule has 2 nitrogen and oxygen atoms in total. The molecule has 0 amide bonds. The quantitative estimate of drug-likeness (QED) is 0.0467. The lowest BCUT2D eigenvalue weighted by Gasteiger charge is -2.38. The monoisotopic (exact) mass is 615 g/mol. The van der Waals surface area contributed by atoms with Crippen molar-refractivity contribution >= 4 is 0 Å². The average Bonchev–Trinajstić information content (AvgIpc) is 3.89. The number of rotatable bonds is 23. The molecule has 0 bridgehead atoms. The van der Waals surface area contributed by atoms with Crippen LogP contribution in [0.3, 0.4) is 0 Å². The van der Waals surface area contributed by atoms with Crippen molar-refractivity contribution in [3.63, 3.8) is 0 Å². The van der Waals surface area contributed by atoms with Gasteiger partial charge in [0.1, 0.15) is 0 Å². The first-order valence-electron chi connectivity index (χ1n) is 18.4. The molecule has 0 N–H and O–H groups in total. The number of hydrogen-bond acceptors (Lipinski definition) is 2. The number of ether oxygens (including phenoxy) is 1. The Morgan fingerprint density at radius 3 is 1.26 bits per heavy atom. The van der Waals surface area contributed by atoms with E-state index in [2.05, 4.69) is 126 Å². The van der Waals surface area contributed by atoms with Crippen molar-refractivity contribution in [2.24, 2.45) is 0 Å². The molecular formula is C44H57NO. The Morgan fingerprint density at radius 1 is 0.457 bits per heavy atom. The smallest absolute Gasteiger partial charge is 0.0977 e. The SMILES string of the molecule is c1ccc(CCCCCCCCCCCCCCCCOC[C@@H]2CN2C(c2ccccc2)(c2ccccc2)c2ccccc2)cc1.